The molecule has 0 aliphatic rings. The highest BCUT2D eigenvalue weighted by Gasteiger charge is 2.15. The Labute approximate surface area is 204 Å². The molecule has 180 valence electrons. The fraction of sp³-hybridized carbons (Fsp3) is 0.360. The summed E-state index contributed by atoms with van der Waals surface area (Å²) in [5.74, 6) is 0.0945. The number of nitriles is 1. The van der Waals surface area contributed by atoms with E-state index >= 15 is 0 Å². The van der Waals surface area contributed by atoms with Crippen molar-refractivity contribution in [2.75, 3.05) is 19.0 Å². The van der Waals surface area contributed by atoms with E-state index in [1.165, 1.54) is 63.1 Å². The molecule has 0 heterocycles. The zero-order valence-electron chi connectivity index (χ0n) is 19.3. The lowest BCUT2D eigenvalue weighted by Crippen LogP contribution is -2.13. The molecule has 8 nitrogen and oxygen atoms in total. The average Bonchev–Trinajstić information content (AvgIpc) is 2.82. The molecular weight excluding hydrogens is 458 g/mol. The van der Waals surface area contributed by atoms with Crippen LogP contribution in [0.15, 0.2) is 42.0 Å². The lowest BCUT2D eigenvalue weighted by Gasteiger charge is -2.13. The minimum atomic E-state index is -0.707. The van der Waals surface area contributed by atoms with Gasteiger partial charge in [-0.05, 0) is 36.3 Å². The molecular formula is C25H28ClN3O5. The van der Waals surface area contributed by atoms with E-state index in [0.717, 1.165) is 12.8 Å². The van der Waals surface area contributed by atoms with E-state index in [1.54, 1.807) is 12.1 Å². The Kier molecular flexibility index (Phi) is 10.9. The maximum Gasteiger partial charge on any atom is 0.271 e. The number of amides is 1. The van der Waals surface area contributed by atoms with Crippen molar-refractivity contribution in [3.8, 4) is 17.6 Å². The van der Waals surface area contributed by atoms with Gasteiger partial charge in [-0.25, -0.2) is 0 Å². The van der Waals surface area contributed by atoms with Crippen molar-refractivity contribution < 1.29 is 19.2 Å². The minimum Gasteiger partial charge on any atom is -0.493 e. The summed E-state index contributed by atoms with van der Waals surface area (Å²) >= 11 is 6.40. The molecule has 1 N–H and O–H groups in total. The Morgan fingerprint density at radius 3 is 2.62 bits per heavy atom. The molecule has 0 fully saturated rings. The van der Waals surface area contributed by atoms with E-state index in [2.05, 4.69) is 12.2 Å². The Balaban J connectivity index is 2.11. The lowest BCUT2D eigenvalue weighted by atomic mass is 10.1. The molecule has 2 rings (SSSR count). The maximum absolute atomic E-state index is 12.5. The third-order valence-electron chi connectivity index (χ3n) is 4.99. The molecule has 0 aromatic heterocycles. The number of benzene rings is 2. The molecule has 2 aromatic rings. The van der Waals surface area contributed by atoms with E-state index < -0.39 is 10.8 Å². The fourth-order valence-electron chi connectivity index (χ4n) is 3.23. The summed E-state index contributed by atoms with van der Waals surface area (Å²) in [6.07, 6.45) is 8.17. The van der Waals surface area contributed by atoms with Gasteiger partial charge in [0.15, 0.2) is 11.5 Å². The first-order valence-corrected chi connectivity index (χ1v) is 11.4. The van der Waals surface area contributed by atoms with Gasteiger partial charge in [-0.15, -0.1) is 0 Å². The summed E-state index contributed by atoms with van der Waals surface area (Å²) in [6.45, 7) is 2.69. The number of hydrogen-bond acceptors (Lipinski definition) is 6. The molecule has 0 unspecified atom stereocenters. The Morgan fingerprint density at radius 1 is 1.21 bits per heavy atom. The summed E-state index contributed by atoms with van der Waals surface area (Å²) in [4.78, 5) is 22.9. The monoisotopic (exact) mass is 485 g/mol. The highest BCUT2D eigenvalue weighted by molar-refractivity contribution is 6.32. The van der Waals surface area contributed by atoms with Crippen LogP contribution < -0.4 is 14.8 Å². The van der Waals surface area contributed by atoms with Crippen LogP contribution >= 0.6 is 11.6 Å². The Hall–Kier alpha value is -3.57. The lowest BCUT2D eigenvalue weighted by molar-refractivity contribution is -0.384. The number of hydrogen-bond donors (Lipinski definition) is 1. The van der Waals surface area contributed by atoms with E-state index in [4.69, 9.17) is 21.1 Å². The number of anilines is 1. The molecule has 0 saturated heterocycles. The van der Waals surface area contributed by atoms with Crippen LogP contribution in [0.3, 0.4) is 0 Å². The smallest absolute Gasteiger partial charge is 0.271 e. The number of nitro benzene ring substituents is 1. The second-order valence-electron chi connectivity index (χ2n) is 7.58. The van der Waals surface area contributed by atoms with E-state index in [9.17, 15) is 20.2 Å². The van der Waals surface area contributed by atoms with Crippen molar-refractivity contribution in [2.45, 2.75) is 45.4 Å². The van der Waals surface area contributed by atoms with Gasteiger partial charge in [-0.3, -0.25) is 14.9 Å². The van der Waals surface area contributed by atoms with Crippen molar-refractivity contribution in [3.05, 3.63) is 62.7 Å². The van der Waals surface area contributed by atoms with Gasteiger partial charge >= 0.3 is 0 Å². The number of nitrogens with one attached hydrogen (secondary N) is 1. The molecule has 0 bridgehead atoms. The number of ether oxygens (including phenoxy) is 2. The van der Waals surface area contributed by atoms with Crippen LogP contribution in [-0.2, 0) is 4.79 Å². The number of methoxy groups -OCH3 is 1. The minimum absolute atomic E-state index is 0.173. The van der Waals surface area contributed by atoms with Gasteiger partial charge in [0, 0.05) is 17.8 Å². The molecule has 0 radical (unpaired) electrons. The predicted octanol–water partition coefficient (Wildman–Crippen LogP) is 6.54. The van der Waals surface area contributed by atoms with Crippen LogP contribution in [-0.4, -0.2) is 24.5 Å². The second kappa shape index (κ2) is 13.9. The quantitative estimate of drug-likeness (QED) is 0.113. The average molecular weight is 486 g/mol. The second-order valence-corrected chi connectivity index (χ2v) is 7.99. The zero-order valence-corrected chi connectivity index (χ0v) is 20.1. The molecule has 0 spiro atoms. The Morgan fingerprint density at radius 2 is 1.94 bits per heavy atom. The van der Waals surface area contributed by atoms with E-state index in [-0.39, 0.29) is 16.9 Å². The van der Waals surface area contributed by atoms with Gasteiger partial charge in [-0.1, -0.05) is 56.7 Å². The normalized spacial score (nSPS) is 10.9. The van der Waals surface area contributed by atoms with Gasteiger partial charge in [-0.2, -0.15) is 5.26 Å². The summed E-state index contributed by atoms with van der Waals surface area (Å²) in [6, 6.07) is 10.5. The van der Waals surface area contributed by atoms with Crippen LogP contribution in [0.2, 0.25) is 5.02 Å². The number of halogens is 1. The van der Waals surface area contributed by atoms with Crippen molar-refractivity contribution in [2.24, 2.45) is 0 Å². The van der Waals surface area contributed by atoms with Gasteiger partial charge in [0.05, 0.1) is 23.7 Å². The third-order valence-corrected chi connectivity index (χ3v) is 5.27. The number of carbonyl (C=O) groups excluding carboxylic acids is 1. The first-order chi connectivity index (χ1) is 16.4. The summed E-state index contributed by atoms with van der Waals surface area (Å²) in [5.41, 5.74) is 0.299. The molecule has 34 heavy (non-hydrogen) atoms. The third kappa shape index (κ3) is 8.09. The highest BCUT2D eigenvalue weighted by Crippen LogP contribution is 2.37. The molecule has 1 amide bonds. The molecule has 0 aliphatic carbocycles. The van der Waals surface area contributed by atoms with Crippen LogP contribution in [0, 0.1) is 21.4 Å². The molecule has 2 aromatic carbocycles. The standard InChI is InChI=1S/C25H28ClN3O5/c1-3-4-5-6-7-8-12-34-24-22(26)14-18(15-23(24)33-2)13-19(17-27)25(30)28-20-10-9-11-21(16-20)29(31)32/h9-11,13-16H,3-8,12H2,1-2H3,(H,28,30)/b19-13-. The molecule has 0 aliphatic heterocycles. The van der Waals surface area contributed by atoms with E-state index in [1.807, 2.05) is 6.07 Å². The van der Waals surface area contributed by atoms with Crippen LogP contribution in [0.4, 0.5) is 11.4 Å². The predicted molar refractivity (Wildman–Crippen MR) is 132 cm³/mol. The van der Waals surface area contributed by atoms with Crippen molar-refractivity contribution in [3.63, 3.8) is 0 Å². The van der Waals surface area contributed by atoms with Gasteiger partial charge in [0.25, 0.3) is 11.6 Å². The van der Waals surface area contributed by atoms with Crippen molar-refractivity contribution in [1.82, 2.24) is 0 Å². The number of non-ortho nitro benzene ring substituents is 1. The van der Waals surface area contributed by atoms with Crippen LogP contribution in [0.5, 0.6) is 11.5 Å². The number of carbonyl (C=O) groups is 1. The largest absolute Gasteiger partial charge is 0.493 e. The summed E-state index contributed by atoms with van der Waals surface area (Å²) in [7, 11) is 1.48. The number of unbranched alkanes of at least 4 members (excludes halogenated alkanes) is 5. The number of nitrogens with zero attached hydrogens (tertiary/aromatic N) is 2. The van der Waals surface area contributed by atoms with Crippen molar-refractivity contribution >= 4 is 35.0 Å². The van der Waals surface area contributed by atoms with Gasteiger partial charge in [0.2, 0.25) is 0 Å². The SMILES string of the molecule is CCCCCCCCOc1c(Cl)cc(/C=C(/C#N)C(=O)Nc2cccc([N+](=O)[O-])c2)cc1OC. The highest BCUT2D eigenvalue weighted by atomic mass is 35.5. The van der Waals surface area contributed by atoms with Crippen molar-refractivity contribution in [1.29, 1.82) is 5.26 Å². The summed E-state index contributed by atoms with van der Waals surface area (Å²) < 4.78 is 11.2. The van der Waals surface area contributed by atoms with Gasteiger partial charge < -0.3 is 14.8 Å². The first kappa shape index (κ1) is 26.7. The van der Waals surface area contributed by atoms with E-state index in [0.29, 0.717) is 28.7 Å². The van der Waals surface area contributed by atoms with Crippen LogP contribution in [0.25, 0.3) is 6.08 Å². The van der Waals surface area contributed by atoms with Crippen LogP contribution in [0.1, 0.15) is 51.0 Å². The first-order valence-electron chi connectivity index (χ1n) is 11.1. The number of nitro groups is 1. The Bertz CT molecular complexity index is 1080. The zero-order chi connectivity index (χ0) is 24.9. The molecule has 0 saturated carbocycles. The summed E-state index contributed by atoms with van der Waals surface area (Å²) in [5, 5.41) is 23.2. The van der Waals surface area contributed by atoms with Gasteiger partial charge in [0.1, 0.15) is 11.6 Å². The maximum atomic E-state index is 12.5. The topological polar surface area (TPSA) is 114 Å². The molecule has 9 heteroatoms. The number of rotatable bonds is 13. The molecule has 0 atom stereocenters. The fourth-order valence-corrected chi connectivity index (χ4v) is 3.50.